The second-order valence-corrected chi connectivity index (χ2v) is 7.25. The second-order valence-electron chi connectivity index (χ2n) is 7.25. The highest BCUT2D eigenvalue weighted by Crippen LogP contribution is 2.28. The zero-order valence-corrected chi connectivity index (χ0v) is 15.4. The number of nitrogens with zero attached hydrogens (tertiary/aromatic N) is 1. The zero-order chi connectivity index (χ0) is 18.2. The van der Waals surface area contributed by atoms with Gasteiger partial charge in [-0.15, -0.1) is 0 Å². The molecule has 0 spiro atoms. The van der Waals surface area contributed by atoms with Crippen molar-refractivity contribution < 1.29 is 19.4 Å². The van der Waals surface area contributed by atoms with E-state index in [4.69, 9.17) is 9.47 Å². The van der Waals surface area contributed by atoms with Gasteiger partial charge in [-0.2, -0.15) is 0 Å². The number of amides is 2. The Bertz CT molecular complexity index is 571. The average Bonchev–Trinajstić information content (AvgIpc) is 3.32. The number of hydrogen-bond acceptors (Lipinski definition) is 4. The predicted octanol–water partition coefficient (Wildman–Crippen LogP) is 2.90. The van der Waals surface area contributed by atoms with Crippen LogP contribution in [0.2, 0.25) is 0 Å². The van der Waals surface area contributed by atoms with Crippen LogP contribution in [-0.2, 0) is 16.0 Å². The molecular weight excluding hydrogens is 332 g/mol. The largest absolute Gasteiger partial charge is 0.508 e. The molecule has 1 unspecified atom stereocenters. The van der Waals surface area contributed by atoms with Crippen LogP contribution in [0, 0.1) is 5.92 Å². The van der Waals surface area contributed by atoms with Crippen molar-refractivity contribution in [3.63, 3.8) is 0 Å². The maximum Gasteiger partial charge on any atom is 0.317 e. The van der Waals surface area contributed by atoms with Crippen LogP contribution in [0.15, 0.2) is 24.3 Å². The Labute approximate surface area is 155 Å². The van der Waals surface area contributed by atoms with Crippen molar-refractivity contribution >= 4 is 6.03 Å². The second kappa shape index (κ2) is 9.78. The first-order valence-electron chi connectivity index (χ1n) is 9.71. The number of aromatic hydroxyl groups is 1. The van der Waals surface area contributed by atoms with Gasteiger partial charge in [-0.3, -0.25) is 0 Å². The number of benzene rings is 1. The van der Waals surface area contributed by atoms with Crippen LogP contribution < -0.4 is 5.32 Å². The SMILES string of the molecule is O=C(NCCCOCC1CC1)N(Cc1ccccc1O)CC1CCCO1. The molecule has 1 saturated carbocycles. The summed E-state index contributed by atoms with van der Waals surface area (Å²) in [5, 5.41) is 13.0. The molecule has 1 saturated heterocycles. The lowest BCUT2D eigenvalue weighted by molar-refractivity contribution is 0.0789. The molecule has 2 N–H and O–H groups in total. The van der Waals surface area contributed by atoms with Gasteiger partial charge in [-0.05, 0) is 44.1 Å². The van der Waals surface area contributed by atoms with Crippen LogP contribution in [0.5, 0.6) is 5.75 Å². The Hall–Kier alpha value is -1.79. The van der Waals surface area contributed by atoms with Gasteiger partial charge >= 0.3 is 6.03 Å². The van der Waals surface area contributed by atoms with Crippen LogP contribution in [0.25, 0.3) is 0 Å². The lowest BCUT2D eigenvalue weighted by atomic mass is 10.1. The van der Waals surface area contributed by atoms with Gasteiger partial charge in [0.2, 0.25) is 0 Å². The maximum absolute atomic E-state index is 12.6. The van der Waals surface area contributed by atoms with E-state index in [0.29, 0.717) is 26.2 Å². The summed E-state index contributed by atoms with van der Waals surface area (Å²) >= 11 is 0. The first-order chi connectivity index (χ1) is 12.7. The number of phenols is 1. The predicted molar refractivity (Wildman–Crippen MR) is 99.0 cm³/mol. The molecule has 0 aromatic heterocycles. The van der Waals surface area contributed by atoms with E-state index in [1.807, 2.05) is 12.1 Å². The van der Waals surface area contributed by atoms with Gasteiger partial charge in [0.05, 0.1) is 12.6 Å². The Balaban J connectivity index is 1.46. The lowest BCUT2D eigenvalue weighted by Gasteiger charge is -2.26. The van der Waals surface area contributed by atoms with Crippen LogP contribution >= 0.6 is 0 Å². The Morgan fingerprint density at radius 3 is 2.88 bits per heavy atom. The molecule has 6 heteroatoms. The van der Waals surface area contributed by atoms with Crippen LogP contribution in [0.3, 0.4) is 0 Å². The van der Waals surface area contributed by atoms with Crippen LogP contribution in [0.4, 0.5) is 4.79 Å². The number of carbonyl (C=O) groups excluding carboxylic acids is 1. The number of hydrogen-bond donors (Lipinski definition) is 2. The van der Waals surface area contributed by atoms with Gasteiger partial charge in [0.15, 0.2) is 0 Å². The minimum Gasteiger partial charge on any atom is -0.508 e. The molecule has 1 atom stereocenters. The van der Waals surface area contributed by atoms with E-state index in [9.17, 15) is 9.90 Å². The third-order valence-electron chi connectivity index (χ3n) is 4.88. The number of carbonyl (C=O) groups is 1. The third-order valence-corrected chi connectivity index (χ3v) is 4.88. The minimum absolute atomic E-state index is 0.0773. The number of phenolic OH excluding ortho intramolecular Hbond substituents is 1. The lowest BCUT2D eigenvalue weighted by Crippen LogP contribution is -2.43. The van der Waals surface area contributed by atoms with E-state index in [0.717, 1.165) is 44.0 Å². The van der Waals surface area contributed by atoms with Gasteiger partial charge in [0.25, 0.3) is 0 Å². The van der Waals surface area contributed by atoms with Crippen molar-refractivity contribution in [1.29, 1.82) is 0 Å². The fourth-order valence-corrected chi connectivity index (χ4v) is 3.12. The quantitative estimate of drug-likeness (QED) is 0.628. The van der Waals surface area contributed by atoms with E-state index in [1.54, 1.807) is 17.0 Å². The fourth-order valence-electron chi connectivity index (χ4n) is 3.12. The molecule has 2 aliphatic rings. The van der Waals surface area contributed by atoms with Crippen molar-refractivity contribution in [2.45, 2.75) is 44.8 Å². The molecule has 1 aromatic rings. The summed E-state index contributed by atoms with van der Waals surface area (Å²) in [6.45, 7) is 3.80. The molecule has 0 radical (unpaired) electrons. The third kappa shape index (κ3) is 6.18. The van der Waals surface area contributed by atoms with Crippen LogP contribution in [-0.4, -0.2) is 55.1 Å². The fraction of sp³-hybridized carbons (Fsp3) is 0.650. The Kier molecular flexibility index (Phi) is 7.14. The van der Waals surface area contributed by atoms with Gasteiger partial charge in [0, 0.05) is 38.5 Å². The molecule has 1 aliphatic carbocycles. The topological polar surface area (TPSA) is 71.0 Å². The summed E-state index contributed by atoms with van der Waals surface area (Å²) in [5.74, 6) is 0.983. The number of urea groups is 1. The van der Waals surface area contributed by atoms with Crippen LogP contribution in [0.1, 0.15) is 37.7 Å². The maximum atomic E-state index is 12.6. The number of para-hydroxylation sites is 1. The number of ether oxygens (including phenoxy) is 2. The minimum atomic E-state index is -0.119. The summed E-state index contributed by atoms with van der Waals surface area (Å²) < 4.78 is 11.3. The average molecular weight is 362 g/mol. The molecule has 0 bridgehead atoms. The van der Waals surface area contributed by atoms with Crippen molar-refractivity contribution in [2.24, 2.45) is 5.92 Å². The first kappa shape index (κ1) is 19.0. The Morgan fingerprint density at radius 1 is 1.31 bits per heavy atom. The molecular formula is C20H30N2O4. The van der Waals surface area contributed by atoms with Gasteiger partial charge < -0.3 is 24.8 Å². The van der Waals surface area contributed by atoms with E-state index in [-0.39, 0.29) is 17.9 Å². The highest BCUT2D eigenvalue weighted by Gasteiger charge is 2.23. The highest BCUT2D eigenvalue weighted by molar-refractivity contribution is 5.74. The van der Waals surface area contributed by atoms with E-state index >= 15 is 0 Å². The molecule has 1 heterocycles. The first-order valence-corrected chi connectivity index (χ1v) is 9.71. The summed E-state index contributed by atoms with van der Waals surface area (Å²) in [6.07, 6.45) is 5.48. The zero-order valence-electron chi connectivity index (χ0n) is 15.4. The molecule has 144 valence electrons. The molecule has 6 nitrogen and oxygen atoms in total. The van der Waals surface area contributed by atoms with Gasteiger partial charge in [0.1, 0.15) is 5.75 Å². The van der Waals surface area contributed by atoms with E-state index in [2.05, 4.69) is 5.32 Å². The van der Waals surface area contributed by atoms with Crippen molar-refractivity contribution in [3.05, 3.63) is 29.8 Å². The Morgan fingerprint density at radius 2 is 2.15 bits per heavy atom. The number of nitrogens with one attached hydrogen (secondary N) is 1. The molecule has 1 aromatic carbocycles. The van der Waals surface area contributed by atoms with E-state index < -0.39 is 0 Å². The molecule has 1 aliphatic heterocycles. The molecule has 3 rings (SSSR count). The molecule has 2 amide bonds. The highest BCUT2D eigenvalue weighted by atomic mass is 16.5. The summed E-state index contributed by atoms with van der Waals surface area (Å²) in [7, 11) is 0. The molecule has 2 fully saturated rings. The number of rotatable bonds is 10. The summed E-state index contributed by atoms with van der Waals surface area (Å²) in [5.41, 5.74) is 0.744. The molecule has 26 heavy (non-hydrogen) atoms. The van der Waals surface area contributed by atoms with Crippen molar-refractivity contribution in [3.8, 4) is 5.75 Å². The normalized spacial score (nSPS) is 19.5. The van der Waals surface area contributed by atoms with Crippen molar-refractivity contribution in [1.82, 2.24) is 10.2 Å². The van der Waals surface area contributed by atoms with Gasteiger partial charge in [-0.1, -0.05) is 18.2 Å². The smallest absolute Gasteiger partial charge is 0.317 e. The standard InChI is InChI=1S/C20H30N2O4/c23-19-7-2-1-5-17(19)13-22(14-18-6-3-12-26-18)20(24)21-10-4-11-25-15-16-8-9-16/h1-2,5,7,16,18,23H,3-4,6,8-15H2,(H,21,24). The van der Waals surface area contributed by atoms with E-state index in [1.165, 1.54) is 12.8 Å². The monoisotopic (exact) mass is 362 g/mol. The van der Waals surface area contributed by atoms with Crippen molar-refractivity contribution in [2.75, 3.05) is 32.9 Å². The summed E-state index contributed by atoms with van der Waals surface area (Å²) in [4.78, 5) is 14.4. The summed E-state index contributed by atoms with van der Waals surface area (Å²) in [6, 6.07) is 7.02. The van der Waals surface area contributed by atoms with Gasteiger partial charge in [-0.25, -0.2) is 4.79 Å².